The Hall–Kier alpha value is -0.580. The zero-order chi connectivity index (χ0) is 12.3. The minimum absolute atomic E-state index is 0.103. The number of benzene rings is 1. The first-order chi connectivity index (χ1) is 8.20. The Balaban J connectivity index is 2.10. The molecule has 1 aromatic carbocycles. The quantitative estimate of drug-likeness (QED) is 0.878. The summed E-state index contributed by atoms with van der Waals surface area (Å²) in [6.45, 7) is 3.69. The van der Waals surface area contributed by atoms with Gasteiger partial charge in [0.25, 0.3) is 0 Å². The zero-order valence-electron chi connectivity index (χ0n) is 9.93. The van der Waals surface area contributed by atoms with E-state index in [4.69, 9.17) is 10.5 Å². The molecule has 0 saturated carbocycles. The first-order valence-corrected chi connectivity index (χ1v) is 6.89. The summed E-state index contributed by atoms with van der Waals surface area (Å²) < 4.78 is 18.1. The van der Waals surface area contributed by atoms with Crippen LogP contribution >= 0.6 is 11.8 Å². The van der Waals surface area contributed by atoms with Crippen LogP contribution in [0.2, 0.25) is 0 Å². The molecule has 2 unspecified atom stereocenters. The van der Waals surface area contributed by atoms with Gasteiger partial charge in [0.05, 0.1) is 18.5 Å². The van der Waals surface area contributed by atoms with Crippen molar-refractivity contribution in [1.82, 2.24) is 0 Å². The Morgan fingerprint density at radius 3 is 2.53 bits per heavy atom. The molecule has 17 heavy (non-hydrogen) atoms. The highest BCUT2D eigenvalue weighted by molar-refractivity contribution is 8.00. The number of rotatable bonds is 5. The van der Waals surface area contributed by atoms with Crippen LogP contribution in [0.3, 0.4) is 0 Å². The summed E-state index contributed by atoms with van der Waals surface area (Å²) >= 11 is 1.85. The largest absolute Gasteiger partial charge is 0.379 e. The fraction of sp³-hybridized carbons (Fsp3) is 0.538. The molecule has 0 radical (unpaired) electrons. The Labute approximate surface area is 106 Å². The van der Waals surface area contributed by atoms with Gasteiger partial charge in [-0.15, -0.1) is 11.8 Å². The van der Waals surface area contributed by atoms with Crippen molar-refractivity contribution < 1.29 is 9.13 Å². The number of hydrogen-bond acceptors (Lipinski definition) is 3. The van der Waals surface area contributed by atoms with Crippen LogP contribution in [-0.4, -0.2) is 24.5 Å². The van der Waals surface area contributed by atoms with E-state index < -0.39 is 0 Å². The second-order valence-corrected chi connectivity index (χ2v) is 5.79. The maximum Gasteiger partial charge on any atom is 0.123 e. The van der Waals surface area contributed by atoms with Gasteiger partial charge in [-0.1, -0.05) is 19.1 Å². The maximum absolute atomic E-state index is 12.9. The molecule has 0 amide bonds. The van der Waals surface area contributed by atoms with Gasteiger partial charge in [-0.05, 0) is 24.1 Å². The molecule has 1 heterocycles. The highest BCUT2D eigenvalue weighted by atomic mass is 32.2. The predicted molar refractivity (Wildman–Crippen MR) is 69.6 cm³/mol. The van der Waals surface area contributed by atoms with Crippen LogP contribution in [0.4, 0.5) is 4.39 Å². The number of nitrogens with two attached hydrogens (primary N) is 1. The molecular formula is C13H18FNOS. The molecule has 2 rings (SSSR count). The van der Waals surface area contributed by atoms with Crippen molar-refractivity contribution in [3.05, 3.63) is 35.6 Å². The summed E-state index contributed by atoms with van der Waals surface area (Å²) in [6.07, 6.45) is 0.919. The van der Waals surface area contributed by atoms with Gasteiger partial charge in [-0.25, -0.2) is 4.39 Å². The third-order valence-electron chi connectivity index (χ3n) is 3.01. The summed E-state index contributed by atoms with van der Waals surface area (Å²) in [7, 11) is 0. The van der Waals surface area contributed by atoms with Crippen LogP contribution in [0.5, 0.6) is 0 Å². The molecule has 2 N–H and O–H groups in total. The summed E-state index contributed by atoms with van der Waals surface area (Å²) in [5.41, 5.74) is 7.27. The lowest BCUT2D eigenvalue weighted by Crippen LogP contribution is -2.35. The van der Waals surface area contributed by atoms with E-state index in [-0.39, 0.29) is 17.1 Å². The van der Waals surface area contributed by atoms with E-state index in [1.54, 1.807) is 0 Å². The third kappa shape index (κ3) is 3.21. The second-order valence-electron chi connectivity index (χ2n) is 4.34. The molecule has 1 fully saturated rings. The van der Waals surface area contributed by atoms with Crippen LogP contribution in [0.15, 0.2) is 24.3 Å². The Kier molecular flexibility index (Phi) is 4.42. The van der Waals surface area contributed by atoms with Crippen molar-refractivity contribution in [2.24, 2.45) is 5.73 Å². The van der Waals surface area contributed by atoms with Gasteiger partial charge in [0, 0.05) is 11.3 Å². The van der Waals surface area contributed by atoms with Gasteiger partial charge in [0.15, 0.2) is 0 Å². The van der Waals surface area contributed by atoms with E-state index >= 15 is 0 Å². The highest BCUT2D eigenvalue weighted by Gasteiger charge is 2.27. The van der Waals surface area contributed by atoms with Crippen molar-refractivity contribution in [1.29, 1.82) is 0 Å². The smallest absolute Gasteiger partial charge is 0.123 e. The van der Waals surface area contributed by atoms with Crippen LogP contribution in [-0.2, 0) is 4.74 Å². The summed E-state index contributed by atoms with van der Waals surface area (Å²) in [4.78, 5) is 0. The van der Waals surface area contributed by atoms with E-state index in [1.807, 2.05) is 23.9 Å². The minimum Gasteiger partial charge on any atom is -0.379 e. The van der Waals surface area contributed by atoms with E-state index in [2.05, 4.69) is 6.92 Å². The fourth-order valence-corrected chi connectivity index (χ4v) is 3.27. The lowest BCUT2D eigenvalue weighted by molar-refractivity contribution is 0.0452. The van der Waals surface area contributed by atoms with Gasteiger partial charge < -0.3 is 10.5 Å². The van der Waals surface area contributed by atoms with Gasteiger partial charge in [-0.2, -0.15) is 0 Å². The normalized spacial score (nSPS) is 19.7. The highest BCUT2D eigenvalue weighted by Crippen LogP contribution is 2.37. The zero-order valence-corrected chi connectivity index (χ0v) is 10.8. The van der Waals surface area contributed by atoms with Crippen LogP contribution in [0.25, 0.3) is 0 Å². The molecule has 0 aromatic heterocycles. The second kappa shape index (κ2) is 5.85. The number of thioether (sulfide) groups is 1. The lowest BCUT2D eigenvalue weighted by atomic mass is 10.0. The monoisotopic (exact) mass is 255 g/mol. The minimum atomic E-state index is -0.199. The Bertz CT molecular complexity index is 353. The molecule has 1 aliphatic heterocycles. The van der Waals surface area contributed by atoms with Crippen molar-refractivity contribution in [2.75, 3.05) is 13.2 Å². The molecule has 1 aromatic rings. The first kappa shape index (κ1) is 12.9. The number of ether oxygens (including phenoxy) is 1. The SMILES string of the molecule is CCC(N)C(SC1COC1)c1ccc(F)cc1. The maximum atomic E-state index is 12.9. The van der Waals surface area contributed by atoms with Gasteiger partial charge in [-0.3, -0.25) is 0 Å². The molecule has 94 valence electrons. The average molecular weight is 255 g/mol. The van der Waals surface area contributed by atoms with Crippen molar-refractivity contribution in [3.63, 3.8) is 0 Å². The molecule has 0 spiro atoms. The summed E-state index contributed by atoms with van der Waals surface area (Å²) in [6, 6.07) is 6.78. The predicted octanol–water partition coefficient (Wildman–Crippen LogP) is 2.74. The Morgan fingerprint density at radius 1 is 1.41 bits per heavy atom. The fourth-order valence-electron chi connectivity index (χ4n) is 1.79. The molecule has 2 nitrogen and oxygen atoms in total. The van der Waals surface area contributed by atoms with Crippen LogP contribution < -0.4 is 5.73 Å². The summed E-state index contributed by atoms with van der Waals surface area (Å²) in [5, 5.41) is 0.761. The van der Waals surface area contributed by atoms with Crippen molar-refractivity contribution in [2.45, 2.75) is 29.9 Å². The van der Waals surface area contributed by atoms with E-state index in [0.29, 0.717) is 5.25 Å². The molecule has 1 saturated heterocycles. The van der Waals surface area contributed by atoms with Crippen molar-refractivity contribution in [3.8, 4) is 0 Å². The van der Waals surface area contributed by atoms with E-state index in [9.17, 15) is 4.39 Å². The first-order valence-electron chi connectivity index (χ1n) is 5.95. The van der Waals surface area contributed by atoms with Crippen LogP contribution in [0, 0.1) is 5.82 Å². The van der Waals surface area contributed by atoms with Crippen LogP contribution in [0.1, 0.15) is 24.2 Å². The Morgan fingerprint density at radius 2 is 2.06 bits per heavy atom. The summed E-state index contributed by atoms with van der Waals surface area (Å²) in [5.74, 6) is -0.199. The molecular weight excluding hydrogens is 237 g/mol. The average Bonchev–Trinajstić information content (AvgIpc) is 2.29. The lowest BCUT2D eigenvalue weighted by Gasteiger charge is -2.32. The molecule has 1 aliphatic rings. The molecule has 4 heteroatoms. The van der Waals surface area contributed by atoms with Gasteiger partial charge >= 0.3 is 0 Å². The number of halogens is 1. The standard InChI is InChI=1S/C13H18FNOS/c1-2-12(15)13(17-11-7-16-8-11)9-3-5-10(14)6-4-9/h3-6,11-13H,2,7-8,15H2,1H3. The molecule has 0 bridgehead atoms. The van der Waals surface area contributed by atoms with Gasteiger partial charge in [0.2, 0.25) is 0 Å². The number of hydrogen-bond donors (Lipinski definition) is 1. The van der Waals surface area contributed by atoms with Crippen molar-refractivity contribution >= 4 is 11.8 Å². The molecule has 2 atom stereocenters. The molecule has 0 aliphatic carbocycles. The third-order valence-corrected chi connectivity index (χ3v) is 4.58. The topological polar surface area (TPSA) is 35.2 Å². The van der Waals surface area contributed by atoms with Gasteiger partial charge in [0.1, 0.15) is 5.82 Å². The van der Waals surface area contributed by atoms with E-state index in [0.717, 1.165) is 25.2 Å². The van der Waals surface area contributed by atoms with E-state index in [1.165, 1.54) is 12.1 Å².